The van der Waals surface area contributed by atoms with Crippen LogP contribution in [0.5, 0.6) is 5.75 Å². The second-order valence-electron chi connectivity index (χ2n) is 5.62. The molecule has 0 aromatic heterocycles. The fourth-order valence-electron chi connectivity index (χ4n) is 2.99. The van der Waals surface area contributed by atoms with Crippen molar-refractivity contribution < 1.29 is 19.0 Å². The molecule has 20 heavy (non-hydrogen) atoms. The highest BCUT2D eigenvalue weighted by atomic mass is 16.6. The predicted octanol–water partition coefficient (Wildman–Crippen LogP) is 2.61. The zero-order chi connectivity index (χ0) is 14.0. The molecule has 3 rings (SSSR count). The van der Waals surface area contributed by atoms with Crippen LogP contribution < -0.4 is 4.74 Å². The van der Waals surface area contributed by atoms with Gasteiger partial charge in [0.05, 0.1) is 24.4 Å². The Balaban J connectivity index is 1.73. The second-order valence-corrected chi connectivity index (χ2v) is 5.62. The Morgan fingerprint density at radius 1 is 1.35 bits per heavy atom. The average Bonchev–Trinajstić information content (AvgIpc) is 2.87. The van der Waals surface area contributed by atoms with Crippen molar-refractivity contribution in [2.24, 2.45) is 0 Å². The van der Waals surface area contributed by atoms with Crippen LogP contribution >= 0.6 is 0 Å². The number of ketones is 1. The Kier molecular flexibility index (Phi) is 3.76. The summed E-state index contributed by atoms with van der Waals surface area (Å²) in [6, 6.07) is 7.44. The molecule has 108 valence electrons. The maximum absolute atomic E-state index is 11.6. The van der Waals surface area contributed by atoms with Crippen LogP contribution in [0.2, 0.25) is 0 Å². The molecule has 1 aromatic rings. The largest absolute Gasteiger partial charge is 0.489 e. The summed E-state index contributed by atoms with van der Waals surface area (Å²) in [5, 5.41) is 0. The van der Waals surface area contributed by atoms with Crippen molar-refractivity contribution in [1.82, 2.24) is 0 Å². The van der Waals surface area contributed by atoms with E-state index in [2.05, 4.69) is 0 Å². The van der Waals surface area contributed by atoms with Gasteiger partial charge in [-0.05, 0) is 19.1 Å². The van der Waals surface area contributed by atoms with Crippen LogP contribution in [0.4, 0.5) is 0 Å². The second kappa shape index (κ2) is 5.54. The lowest BCUT2D eigenvalue weighted by Gasteiger charge is -2.37. The SMILES string of the molecule is CC(=O)c1ccccc1OC1CCOC2(CCOC2)C1. The topological polar surface area (TPSA) is 44.8 Å². The van der Waals surface area contributed by atoms with Crippen molar-refractivity contribution in [2.45, 2.75) is 37.9 Å². The lowest BCUT2D eigenvalue weighted by atomic mass is 9.91. The van der Waals surface area contributed by atoms with Crippen LogP contribution in [0.25, 0.3) is 0 Å². The summed E-state index contributed by atoms with van der Waals surface area (Å²) < 4.78 is 17.4. The van der Waals surface area contributed by atoms with Gasteiger partial charge >= 0.3 is 0 Å². The summed E-state index contributed by atoms with van der Waals surface area (Å²) in [5.41, 5.74) is 0.476. The molecule has 2 aliphatic rings. The molecule has 0 amide bonds. The Morgan fingerprint density at radius 2 is 2.20 bits per heavy atom. The monoisotopic (exact) mass is 276 g/mol. The maximum Gasteiger partial charge on any atom is 0.163 e. The molecular weight excluding hydrogens is 256 g/mol. The van der Waals surface area contributed by atoms with Gasteiger partial charge in [0.15, 0.2) is 5.78 Å². The highest BCUT2D eigenvalue weighted by molar-refractivity contribution is 5.96. The van der Waals surface area contributed by atoms with Gasteiger partial charge in [-0.2, -0.15) is 0 Å². The number of ether oxygens (including phenoxy) is 3. The van der Waals surface area contributed by atoms with E-state index < -0.39 is 0 Å². The van der Waals surface area contributed by atoms with E-state index in [1.165, 1.54) is 0 Å². The molecule has 0 saturated carbocycles. The molecule has 2 fully saturated rings. The minimum absolute atomic E-state index is 0.0339. The molecule has 0 bridgehead atoms. The Morgan fingerprint density at radius 3 is 2.95 bits per heavy atom. The summed E-state index contributed by atoms with van der Waals surface area (Å²) in [6.45, 7) is 3.67. The number of Topliss-reactive ketones (excluding diaryl/α,β-unsaturated/α-hetero) is 1. The number of hydrogen-bond acceptors (Lipinski definition) is 4. The number of carbonyl (C=O) groups is 1. The number of carbonyl (C=O) groups excluding carboxylic acids is 1. The van der Waals surface area contributed by atoms with Gasteiger partial charge in [0.2, 0.25) is 0 Å². The predicted molar refractivity (Wildman–Crippen MR) is 74.2 cm³/mol. The van der Waals surface area contributed by atoms with Crippen LogP contribution in [-0.4, -0.2) is 37.3 Å². The first kappa shape index (κ1) is 13.6. The number of para-hydroxylation sites is 1. The normalized spacial score (nSPS) is 29.6. The number of rotatable bonds is 3. The summed E-state index contributed by atoms with van der Waals surface area (Å²) in [7, 11) is 0. The fourth-order valence-corrected chi connectivity index (χ4v) is 2.99. The molecule has 4 heteroatoms. The highest BCUT2D eigenvalue weighted by Crippen LogP contribution is 2.35. The van der Waals surface area contributed by atoms with E-state index in [4.69, 9.17) is 14.2 Å². The first-order valence-electron chi connectivity index (χ1n) is 7.17. The van der Waals surface area contributed by atoms with E-state index in [-0.39, 0.29) is 17.5 Å². The van der Waals surface area contributed by atoms with E-state index >= 15 is 0 Å². The van der Waals surface area contributed by atoms with Gasteiger partial charge in [-0.1, -0.05) is 12.1 Å². The summed E-state index contributed by atoms with van der Waals surface area (Å²) in [5.74, 6) is 0.715. The van der Waals surface area contributed by atoms with Gasteiger partial charge in [-0.3, -0.25) is 4.79 Å². The molecule has 2 heterocycles. The van der Waals surface area contributed by atoms with Crippen molar-refractivity contribution in [3.05, 3.63) is 29.8 Å². The third-order valence-corrected chi connectivity index (χ3v) is 4.07. The average molecular weight is 276 g/mol. The van der Waals surface area contributed by atoms with Crippen LogP contribution in [0.1, 0.15) is 36.5 Å². The Labute approximate surface area is 119 Å². The van der Waals surface area contributed by atoms with Crippen molar-refractivity contribution in [2.75, 3.05) is 19.8 Å². The molecule has 2 saturated heterocycles. The summed E-state index contributed by atoms with van der Waals surface area (Å²) in [6.07, 6.45) is 2.71. The highest BCUT2D eigenvalue weighted by Gasteiger charge is 2.41. The lowest BCUT2D eigenvalue weighted by molar-refractivity contribution is -0.112. The van der Waals surface area contributed by atoms with Crippen LogP contribution in [0, 0.1) is 0 Å². The Hall–Kier alpha value is -1.39. The first-order chi connectivity index (χ1) is 9.69. The van der Waals surface area contributed by atoms with Gasteiger partial charge in [0, 0.05) is 25.9 Å². The number of benzene rings is 1. The van der Waals surface area contributed by atoms with Crippen molar-refractivity contribution >= 4 is 5.78 Å². The van der Waals surface area contributed by atoms with Gasteiger partial charge in [0.25, 0.3) is 0 Å². The molecule has 2 unspecified atom stereocenters. The quantitative estimate of drug-likeness (QED) is 0.796. The minimum atomic E-state index is -0.173. The van der Waals surface area contributed by atoms with Crippen molar-refractivity contribution in [3.8, 4) is 5.75 Å². The molecule has 0 N–H and O–H groups in total. The zero-order valence-electron chi connectivity index (χ0n) is 11.8. The van der Waals surface area contributed by atoms with E-state index in [1.807, 2.05) is 24.3 Å². The smallest absolute Gasteiger partial charge is 0.163 e. The van der Waals surface area contributed by atoms with Crippen molar-refractivity contribution in [1.29, 1.82) is 0 Å². The molecule has 0 radical (unpaired) electrons. The lowest BCUT2D eigenvalue weighted by Crippen LogP contribution is -2.44. The Bertz CT molecular complexity index is 491. The molecule has 1 aromatic carbocycles. The molecule has 2 atom stereocenters. The molecular formula is C16H20O4. The summed E-state index contributed by atoms with van der Waals surface area (Å²) >= 11 is 0. The standard InChI is InChI=1S/C16H20O4/c1-12(17)14-4-2-3-5-15(14)20-13-6-8-19-16(10-13)7-9-18-11-16/h2-5,13H,6-11H2,1H3. The van der Waals surface area contributed by atoms with Crippen LogP contribution in [0.3, 0.4) is 0 Å². The zero-order valence-corrected chi connectivity index (χ0v) is 11.8. The van der Waals surface area contributed by atoms with E-state index in [0.717, 1.165) is 25.9 Å². The van der Waals surface area contributed by atoms with Crippen LogP contribution in [-0.2, 0) is 9.47 Å². The van der Waals surface area contributed by atoms with Crippen molar-refractivity contribution in [3.63, 3.8) is 0 Å². The molecule has 1 spiro atoms. The maximum atomic E-state index is 11.6. The van der Waals surface area contributed by atoms with Gasteiger partial charge in [-0.25, -0.2) is 0 Å². The molecule has 0 aliphatic carbocycles. The van der Waals surface area contributed by atoms with Gasteiger partial charge < -0.3 is 14.2 Å². The first-order valence-corrected chi connectivity index (χ1v) is 7.17. The molecule has 4 nitrogen and oxygen atoms in total. The number of hydrogen-bond donors (Lipinski definition) is 0. The van der Waals surface area contributed by atoms with E-state index in [1.54, 1.807) is 6.92 Å². The third-order valence-electron chi connectivity index (χ3n) is 4.07. The van der Waals surface area contributed by atoms with Crippen LogP contribution in [0.15, 0.2) is 24.3 Å². The van der Waals surface area contributed by atoms with E-state index in [9.17, 15) is 4.79 Å². The third kappa shape index (κ3) is 2.72. The van der Waals surface area contributed by atoms with Gasteiger partial charge in [0.1, 0.15) is 11.9 Å². The minimum Gasteiger partial charge on any atom is -0.489 e. The van der Waals surface area contributed by atoms with Gasteiger partial charge in [-0.15, -0.1) is 0 Å². The molecule has 2 aliphatic heterocycles. The summed E-state index contributed by atoms with van der Waals surface area (Å²) in [4.78, 5) is 11.6. The fraction of sp³-hybridized carbons (Fsp3) is 0.562. The van der Waals surface area contributed by atoms with E-state index in [0.29, 0.717) is 24.5 Å².